The van der Waals surface area contributed by atoms with Gasteiger partial charge in [-0.2, -0.15) is 0 Å². The number of nitro groups is 1. The second-order valence-electron chi connectivity index (χ2n) is 4.34. The lowest BCUT2D eigenvalue weighted by atomic mass is 10.2. The maximum absolute atomic E-state index is 13.6. The Morgan fingerprint density at radius 1 is 1.13 bits per heavy atom. The lowest BCUT2D eigenvalue weighted by Gasteiger charge is -2.10. The first-order chi connectivity index (χ1) is 10.9. The average Bonchev–Trinajstić information content (AvgIpc) is 2.49. The van der Waals surface area contributed by atoms with E-state index in [2.05, 4.69) is 10.6 Å². The third-order valence-corrected chi connectivity index (χ3v) is 2.95. The van der Waals surface area contributed by atoms with Gasteiger partial charge in [0.25, 0.3) is 11.6 Å². The van der Waals surface area contributed by atoms with E-state index < -0.39 is 22.5 Å². The second kappa shape index (κ2) is 6.88. The molecule has 0 saturated carbocycles. The van der Waals surface area contributed by atoms with E-state index >= 15 is 0 Å². The van der Waals surface area contributed by atoms with Gasteiger partial charge in [-0.25, -0.2) is 8.78 Å². The topological polar surface area (TPSA) is 84.3 Å². The normalized spacial score (nSPS) is 10.0. The molecule has 0 radical (unpaired) electrons. The summed E-state index contributed by atoms with van der Waals surface area (Å²) < 4.78 is 26.4. The fourth-order valence-electron chi connectivity index (χ4n) is 1.65. The number of amides is 1. The SMILES string of the molecule is O=C(NC(=S)Nc1cc([N+](=O)[O-])ccc1F)c1ccc(F)cc1. The van der Waals surface area contributed by atoms with Gasteiger partial charge in [-0.15, -0.1) is 0 Å². The van der Waals surface area contributed by atoms with Crippen LogP contribution in [0, 0.1) is 21.7 Å². The number of carbonyl (C=O) groups is 1. The predicted octanol–water partition coefficient (Wildman–Crippen LogP) is 3.00. The molecule has 0 aromatic heterocycles. The van der Waals surface area contributed by atoms with Gasteiger partial charge in [0.1, 0.15) is 11.6 Å². The van der Waals surface area contributed by atoms with Crippen LogP contribution in [0.3, 0.4) is 0 Å². The summed E-state index contributed by atoms with van der Waals surface area (Å²) in [6.07, 6.45) is 0. The second-order valence-corrected chi connectivity index (χ2v) is 4.74. The Kier molecular flexibility index (Phi) is 4.91. The van der Waals surface area contributed by atoms with Crippen LogP contribution in [0.1, 0.15) is 10.4 Å². The Hall–Kier alpha value is -2.94. The highest BCUT2D eigenvalue weighted by molar-refractivity contribution is 7.80. The molecule has 0 aliphatic rings. The van der Waals surface area contributed by atoms with E-state index in [1.807, 2.05) is 0 Å². The summed E-state index contributed by atoms with van der Waals surface area (Å²) in [6.45, 7) is 0. The number of carbonyl (C=O) groups excluding carboxylic acids is 1. The molecule has 0 fully saturated rings. The molecular weight excluding hydrogens is 328 g/mol. The Bertz CT molecular complexity index is 781. The zero-order chi connectivity index (χ0) is 17.0. The summed E-state index contributed by atoms with van der Waals surface area (Å²) in [5.41, 5.74) is -0.430. The van der Waals surface area contributed by atoms with Gasteiger partial charge in [0, 0.05) is 17.7 Å². The summed E-state index contributed by atoms with van der Waals surface area (Å²) in [4.78, 5) is 21.8. The van der Waals surface area contributed by atoms with Gasteiger partial charge in [-0.3, -0.25) is 20.2 Å². The Balaban J connectivity index is 2.07. The number of nitro benzene ring substituents is 1. The van der Waals surface area contributed by atoms with E-state index in [0.29, 0.717) is 0 Å². The van der Waals surface area contributed by atoms with Crippen molar-refractivity contribution in [2.45, 2.75) is 0 Å². The molecular formula is C14H9F2N3O3S. The van der Waals surface area contributed by atoms with Crippen LogP contribution >= 0.6 is 12.2 Å². The first-order valence-corrected chi connectivity index (χ1v) is 6.59. The Morgan fingerprint density at radius 2 is 1.78 bits per heavy atom. The largest absolute Gasteiger partial charge is 0.330 e. The minimum Gasteiger partial charge on any atom is -0.330 e. The number of rotatable bonds is 3. The lowest BCUT2D eigenvalue weighted by Crippen LogP contribution is -2.34. The molecule has 2 N–H and O–H groups in total. The number of anilines is 1. The number of hydrogen-bond acceptors (Lipinski definition) is 4. The highest BCUT2D eigenvalue weighted by Crippen LogP contribution is 2.21. The first-order valence-electron chi connectivity index (χ1n) is 6.18. The highest BCUT2D eigenvalue weighted by atomic mass is 32.1. The van der Waals surface area contributed by atoms with Crippen LogP contribution in [0.15, 0.2) is 42.5 Å². The zero-order valence-electron chi connectivity index (χ0n) is 11.4. The van der Waals surface area contributed by atoms with Crippen molar-refractivity contribution in [3.63, 3.8) is 0 Å². The van der Waals surface area contributed by atoms with E-state index in [9.17, 15) is 23.7 Å². The molecule has 2 aromatic rings. The van der Waals surface area contributed by atoms with E-state index in [0.717, 1.165) is 30.3 Å². The molecule has 0 bridgehead atoms. The average molecular weight is 337 g/mol. The summed E-state index contributed by atoms with van der Waals surface area (Å²) in [7, 11) is 0. The molecule has 0 atom stereocenters. The number of nitrogens with zero attached hydrogens (tertiary/aromatic N) is 1. The van der Waals surface area contributed by atoms with Gasteiger partial charge in [-0.05, 0) is 42.5 Å². The quantitative estimate of drug-likeness (QED) is 0.511. The van der Waals surface area contributed by atoms with Crippen LogP contribution < -0.4 is 10.6 Å². The van der Waals surface area contributed by atoms with Crippen molar-refractivity contribution in [1.29, 1.82) is 0 Å². The molecule has 118 valence electrons. The van der Waals surface area contributed by atoms with Crippen LogP contribution in [0.2, 0.25) is 0 Å². The van der Waals surface area contributed by atoms with Crippen LogP contribution in [0.4, 0.5) is 20.2 Å². The van der Waals surface area contributed by atoms with Crippen molar-refractivity contribution in [2.75, 3.05) is 5.32 Å². The summed E-state index contributed by atoms with van der Waals surface area (Å²) in [5.74, 6) is -1.90. The summed E-state index contributed by atoms with van der Waals surface area (Å²) in [6, 6.07) is 7.57. The molecule has 0 aliphatic carbocycles. The van der Waals surface area contributed by atoms with E-state index in [-0.39, 0.29) is 22.1 Å². The summed E-state index contributed by atoms with van der Waals surface area (Å²) in [5, 5.41) is 15.0. The standard InChI is InChI=1S/C14H9F2N3O3S/c15-9-3-1-8(2-4-9)13(20)18-14(23)17-12-7-10(19(21)22)5-6-11(12)16/h1-7H,(H2,17,18,20,23). The minimum atomic E-state index is -0.769. The monoisotopic (exact) mass is 337 g/mol. The van der Waals surface area contributed by atoms with Crippen molar-refractivity contribution < 1.29 is 18.5 Å². The van der Waals surface area contributed by atoms with E-state index in [1.54, 1.807) is 0 Å². The number of nitrogens with one attached hydrogen (secondary N) is 2. The molecule has 0 unspecified atom stereocenters. The summed E-state index contributed by atoms with van der Waals surface area (Å²) >= 11 is 4.85. The van der Waals surface area contributed by atoms with Crippen molar-refractivity contribution in [1.82, 2.24) is 5.32 Å². The number of benzene rings is 2. The molecule has 23 heavy (non-hydrogen) atoms. The molecule has 1 amide bonds. The van der Waals surface area contributed by atoms with Crippen molar-refractivity contribution in [3.05, 3.63) is 69.8 Å². The number of non-ortho nitro benzene ring substituents is 1. The van der Waals surface area contributed by atoms with Gasteiger partial charge in [0.05, 0.1) is 10.6 Å². The highest BCUT2D eigenvalue weighted by Gasteiger charge is 2.13. The third kappa shape index (κ3) is 4.27. The van der Waals surface area contributed by atoms with Gasteiger partial charge < -0.3 is 5.32 Å². The number of thiocarbonyl (C=S) groups is 1. The van der Waals surface area contributed by atoms with Crippen molar-refractivity contribution in [2.24, 2.45) is 0 Å². The maximum atomic E-state index is 13.6. The lowest BCUT2D eigenvalue weighted by molar-refractivity contribution is -0.384. The van der Waals surface area contributed by atoms with Gasteiger partial charge in [0.15, 0.2) is 5.11 Å². The van der Waals surface area contributed by atoms with Gasteiger partial charge >= 0.3 is 0 Å². The van der Waals surface area contributed by atoms with Gasteiger partial charge in [-0.1, -0.05) is 0 Å². The molecule has 2 rings (SSSR count). The van der Waals surface area contributed by atoms with E-state index in [4.69, 9.17) is 12.2 Å². The fourth-order valence-corrected chi connectivity index (χ4v) is 1.86. The predicted molar refractivity (Wildman–Crippen MR) is 83.1 cm³/mol. The van der Waals surface area contributed by atoms with Gasteiger partial charge in [0.2, 0.25) is 0 Å². The number of hydrogen-bond donors (Lipinski definition) is 2. The zero-order valence-corrected chi connectivity index (χ0v) is 12.2. The maximum Gasteiger partial charge on any atom is 0.271 e. The van der Waals surface area contributed by atoms with Crippen molar-refractivity contribution >= 4 is 34.6 Å². The molecule has 9 heteroatoms. The van der Waals surface area contributed by atoms with Crippen LogP contribution in [-0.2, 0) is 0 Å². The molecule has 0 aliphatic heterocycles. The third-order valence-electron chi connectivity index (χ3n) is 2.74. The molecule has 2 aromatic carbocycles. The molecule has 6 nitrogen and oxygen atoms in total. The Morgan fingerprint density at radius 3 is 2.39 bits per heavy atom. The van der Waals surface area contributed by atoms with Crippen molar-refractivity contribution in [3.8, 4) is 0 Å². The first kappa shape index (κ1) is 16.4. The molecule has 0 saturated heterocycles. The molecule has 0 heterocycles. The number of halogens is 2. The smallest absolute Gasteiger partial charge is 0.271 e. The fraction of sp³-hybridized carbons (Fsp3) is 0. The Labute approximate surface area is 134 Å². The van der Waals surface area contributed by atoms with E-state index in [1.165, 1.54) is 12.1 Å². The van der Waals surface area contributed by atoms with Crippen LogP contribution in [0.5, 0.6) is 0 Å². The van der Waals surface area contributed by atoms with Crippen LogP contribution in [0.25, 0.3) is 0 Å². The minimum absolute atomic E-state index is 0.148. The molecule has 0 spiro atoms. The van der Waals surface area contributed by atoms with Crippen LogP contribution in [-0.4, -0.2) is 15.9 Å².